The second kappa shape index (κ2) is 7.01. The van der Waals surface area contributed by atoms with Crippen molar-refractivity contribution in [1.29, 1.82) is 0 Å². The highest BCUT2D eigenvalue weighted by atomic mass is 15.2. The van der Waals surface area contributed by atoms with Crippen molar-refractivity contribution >= 4 is 22.3 Å². The number of aromatic nitrogens is 1. The molecule has 0 aliphatic rings. The molecule has 0 atom stereocenters. The smallest absolute Gasteiger partial charge is 0.141 e. The normalized spacial score (nSPS) is 11.0. The fourth-order valence-corrected chi connectivity index (χ4v) is 3.41. The molecule has 0 saturated carbocycles. The molecule has 0 saturated heterocycles. The van der Waals surface area contributed by atoms with Crippen LogP contribution in [0.5, 0.6) is 0 Å². The number of hydrogen-bond acceptors (Lipinski definition) is 2. The first-order valence-electron chi connectivity index (χ1n) is 9.02. The minimum Gasteiger partial charge on any atom is -0.323 e. The van der Waals surface area contributed by atoms with Gasteiger partial charge in [0.15, 0.2) is 0 Å². The highest BCUT2D eigenvalue weighted by Crippen LogP contribution is 2.33. The van der Waals surface area contributed by atoms with Gasteiger partial charge in [0.25, 0.3) is 0 Å². The van der Waals surface area contributed by atoms with E-state index >= 15 is 0 Å². The van der Waals surface area contributed by atoms with Crippen LogP contribution in [-0.2, 0) is 0 Å². The van der Waals surface area contributed by atoms with Gasteiger partial charge < -0.3 is 4.90 Å². The number of fused-ring (bicyclic) bond motifs is 1. The van der Waals surface area contributed by atoms with Crippen molar-refractivity contribution in [1.82, 2.24) is 4.98 Å². The summed E-state index contributed by atoms with van der Waals surface area (Å²) in [6.07, 6.45) is 1.89. The Kier molecular flexibility index (Phi) is 4.40. The molecule has 0 amide bonds. The molecule has 2 nitrogen and oxygen atoms in total. The van der Waals surface area contributed by atoms with Crippen LogP contribution in [0.4, 0.5) is 11.5 Å². The predicted molar refractivity (Wildman–Crippen MR) is 111 cm³/mol. The van der Waals surface area contributed by atoms with Gasteiger partial charge in [-0.1, -0.05) is 66.7 Å². The first kappa shape index (κ1) is 16.3. The van der Waals surface area contributed by atoms with Crippen molar-refractivity contribution in [2.75, 3.05) is 4.90 Å². The van der Waals surface area contributed by atoms with Crippen LogP contribution >= 0.6 is 0 Å². The van der Waals surface area contributed by atoms with Crippen LogP contribution in [0, 0.1) is 0 Å². The number of anilines is 2. The molecule has 4 rings (SSSR count). The summed E-state index contributed by atoms with van der Waals surface area (Å²) in [5.74, 6) is 1.01. The van der Waals surface area contributed by atoms with Crippen LogP contribution in [0.1, 0.15) is 13.8 Å². The zero-order valence-corrected chi connectivity index (χ0v) is 15.1. The molecular formula is C24H22N2. The Morgan fingerprint density at radius 3 is 2.08 bits per heavy atom. The molecule has 0 radical (unpaired) electrons. The molecule has 0 fully saturated rings. The zero-order valence-electron chi connectivity index (χ0n) is 15.1. The number of rotatable bonds is 4. The van der Waals surface area contributed by atoms with Gasteiger partial charge in [-0.15, -0.1) is 0 Å². The molecule has 26 heavy (non-hydrogen) atoms. The molecule has 3 aromatic carbocycles. The molecule has 0 spiro atoms. The summed E-state index contributed by atoms with van der Waals surface area (Å²) < 4.78 is 0. The van der Waals surface area contributed by atoms with Crippen LogP contribution in [0.2, 0.25) is 0 Å². The van der Waals surface area contributed by atoms with E-state index in [1.54, 1.807) is 0 Å². The van der Waals surface area contributed by atoms with Crippen molar-refractivity contribution < 1.29 is 0 Å². The number of pyridine rings is 1. The van der Waals surface area contributed by atoms with E-state index in [1.807, 2.05) is 12.3 Å². The van der Waals surface area contributed by atoms with Gasteiger partial charge in [0.1, 0.15) is 5.82 Å². The van der Waals surface area contributed by atoms with Crippen molar-refractivity contribution in [3.05, 3.63) is 91.1 Å². The van der Waals surface area contributed by atoms with E-state index in [2.05, 4.69) is 97.6 Å². The van der Waals surface area contributed by atoms with E-state index in [4.69, 9.17) is 4.98 Å². The molecule has 0 aliphatic heterocycles. The van der Waals surface area contributed by atoms with Gasteiger partial charge in [0.2, 0.25) is 0 Å². The Morgan fingerprint density at radius 1 is 0.692 bits per heavy atom. The molecule has 4 aromatic rings. The largest absolute Gasteiger partial charge is 0.323 e. The lowest BCUT2D eigenvalue weighted by atomic mass is 10.0. The zero-order chi connectivity index (χ0) is 17.9. The Labute approximate surface area is 154 Å². The molecule has 0 aliphatic carbocycles. The Hall–Kier alpha value is -3.13. The topological polar surface area (TPSA) is 16.1 Å². The fraction of sp³-hybridized carbons (Fsp3) is 0.125. The molecule has 0 unspecified atom stereocenters. The molecular weight excluding hydrogens is 316 g/mol. The standard InChI is InChI=1S/C24H22N2/c1-18(2)26(24-23-11-7-6-10-21(23)16-17-25-24)22-14-12-20(13-15-22)19-8-4-3-5-9-19/h3-18H,1-2H3. The lowest BCUT2D eigenvalue weighted by Gasteiger charge is -2.29. The van der Waals surface area contributed by atoms with E-state index in [0.717, 1.165) is 11.5 Å². The average Bonchev–Trinajstić information content (AvgIpc) is 2.69. The van der Waals surface area contributed by atoms with Crippen LogP contribution in [0.3, 0.4) is 0 Å². The van der Waals surface area contributed by atoms with E-state index in [0.29, 0.717) is 6.04 Å². The highest BCUT2D eigenvalue weighted by molar-refractivity contribution is 5.94. The summed E-state index contributed by atoms with van der Waals surface area (Å²) in [5.41, 5.74) is 3.62. The summed E-state index contributed by atoms with van der Waals surface area (Å²) in [5, 5.41) is 2.39. The maximum atomic E-state index is 4.71. The molecule has 1 aromatic heterocycles. The van der Waals surface area contributed by atoms with E-state index in [-0.39, 0.29) is 0 Å². The Balaban J connectivity index is 1.78. The van der Waals surface area contributed by atoms with Crippen LogP contribution in [0.15, 0.2) is 91.1 Å². The Morgan fingerprint density at radius 2 is 1.35 bits per heavy atom. The monoisotopic (exact) mass is 338 g/mol. The molecule has 128 valence electrons. The summed E-state index contributed by atoms with van der Waals surface area (Å²) >= 11 is 0. The van der Waals surface area contributed by atoms with Gasteiger partial charge in [-0.2, -0.15) is 0 Å². The first-order valence-corrected chi connectivity index (χ1v) is 9.02. The molecule has 1 heterocycles. The summed E-state index contributed by atoms with van der Waals surface area (Å²) in [7, 11) is 0. The third kappa shape index (κ3) is 3.06. The van der Waals surface area contributed by atoms with Crippen molar-refractivity contribution in [2.45, 2.75) is 19.9 Å². The second-order valence-corrected chi connectivity index (χ2v) is 6.73. The van der Waals surface area contributed by atoms with Crippen molar-refractivity contribution in [3.8, 4) is 11.1 Å². The van der Waals surface area contributed by atoms with Gasteiger partial charge in [0, 0.05) is 23.3 Å². The second-order valence-electron chi connectivity index (χ2n) is 6.73. The molecule has 0 N–H and O–H groups in total. The predicted octanol–water partition coefficient (Wildman–Crippen LogP) is 6.45. The van der Waals surface area contributed by atoms with Crippen molar-refractivity contribution in [3.63, 3.8) is 0 Å². The van der Waals surface area contributed by atoms with E-state index in [9.17, 15) is 0 Å². The third-order valence-electron chi connectivity index (χ3n) is 4.65. The third-order valence-corrected chi connectivity index (χ3v) is 4.65. The Bertz CT molecular complexity index is 1000. The van der Waals surface area contributed by atoms with Crippen LogP contribution in [-0.4, -0.2) is 11.0 Å². The summed E-state index contributed by atoms with van der Waals surface area (Å²) in [4.78, 5) is 7.01. The first-order chi connectivity index (χ1) is 12.7. The van der Waals surface area contributed by atoms with Crippen LogP contribution in [0.25, 0.3) is 21.9 Å². The van der Waals surface area contributed by atoms with Gasteiger partial charge in [0.05, 0.1) is 0 Å². The van der Waals surface area contributed by atoms with E-state index in [1.165, 1.54) is 21.9 Å². The number of benzene rings is 3. The highest BCUT2D eigenvalue weighted by Gasteiger charge is 2.17. The minimum absolute atomic E-state index is 0.302. The van der Waals surface area contributed by atoms with Gasteiger partial charge in [-0.25, -0.2) is 4.98 Å². The average molecular weight is 338 g/mol. The van der Waals surface area contributed by atoms with Gasteiger partial charge in [-0.3, -0.25) is 0 Å². The summed E-state index contributed by atoms with van der Waals surface area (Å²) in [6.45, 7) is 4.41. The van der Waals surface area contributed by atoms with Crippen LogP contribution < -0.4 is 4.90 Å². The quantitative estimate of drug-likeness (QED) is 0.425. The summed E-state index contributed by atoms with van der Waals surface area (Å²) in [6, 6.07) is 30.0. The molecule has 2 heteroatoms. The number of nitrogens with zero attached hydrogens (tertiary/aromatic N) is 2. The maximum absolute atomic E-state index is 4.71. The minimum atomic E-state index is 0.302. The number of hydrogen-bond donors (Lipinski definition) is 0. The lowest BCUT2D eigenvalue weighted by Crippen LogP contribution is -2.26. The van der Waals surface area contributed by atoms with E-state index < -0.39 is 0 Å². The maximum Gasteiger partial charge on any atom is 0.141 e. The SMILES string of the molecule is CC(C)N(c1ccc(-c2ccccc2)cc1)c1nccc2ccccc12. The van der Waals surface area contributed by atoms with Crippen molar-refractivity contribution in [2.24, 2.45) is 0 Å². The van der Waals surface area contributed by atoms with Gasteiger partial charge >= 0.3 is 0 Å². The fourth-order valence-electron chi connectivity index (χ4n) is 3.41. The van der Waals surface area contributed by atoms with Gasteiger partial charge in [-0.05, 0) is 48.6 Å². The lowest BCUT2D eigenvalue weighted by molar-refractivity contribution is 0.781. The molecule has 0 bridgehead atoms.